The SMILES string of the molecule is CCn1c(-c2cccnc2[C@H](C)OC)c2c3cc(ccc31)-c1cc(O)cc(c1)C[C@H](NC(=O)[C@@H](C(C)C)N(C)C(=O)[C@@]1(C)CCCN1C(=O)[C@H](C)CN)C(=O)N1CCC[C@H](N1)C(=O)OCC(C)(C)C2. The van der Waals surface area contributed by atoms with E-state index in [4.69, 9.17) is 20.2 Å². The maximum atomic E-state index is 14.8. The first kappa shape index (κ1) is 51.0. The fraction of sp³-hybridized carbons (Fsp3) is 0.547. The number of carbonyl (C=O) groups excluding carboxylic acids is 5. The van der Waals surface area contributed by atoms with Crippen LogP contribution in [0.5, 0.6) is 5.75 Å². The van der Waals surface area contributed by atoms with Crippen molar-refractivity contribution in [3.8, 4) is 28.1 Å². The van der Waals surface area contributed by atoms with Gasteiger partial charge in [-0.05, 0) is 117 Å². The van der Waals surface area contributed by atoms with Crippen LogP contribution in [0.3, 0.4) is 0 Å². The summed E-state index contributed by atoms with van der Waals surface area (Å²) in [7, 11) is 3.24. The molecule has 0 saturated carbocycles. The van der Waals surface area contributed by atoms with Crippen LogP contribution in [0.25, 0.3) is 33.3 Å². The molecular formula is C53H72N8O8. The molecule has 0 spiro atoms. The summed E-state index contributed by atoms with van der Waals surface area (Å²) in [5.41, 5.74) is 14.2. The van der Waals surface area contributed by atoms with Crippen LogP contribution in [-0.2, 0) is 52.8 Å². The molecule has 372 valence electrons. The molecule has 69 heavy (non-hydrogen) atoms. The minimum Gasteiger partial charge on any atom is -0.508 e. The summed E-state index contributed by atoms with van der Waals surface area (Å²) in [6.07, 6.45) is 3.96. The number of rotatable bonds is 11. The Balaban J connectivity index is 1.31. The largest absolute Gasteiger partial charge is 0.508 e. The molecule has 0 unspecified atom stereocenters. The van der Waals surface area contributed by atoms with Gasteiger partial charge in [0.1, 0.15) is 29.4 Å². The second kappa shape index (κ2) is 20.6. The number of fused-ring (bicyclic) bond motifs is 6. The van der Waals surface area contributed by atoms with Gasteiger partial charge < -0.3 is 40.0 Å². The molecule has 5 N–H and O–H groups in total. The van der Waals surface area contributed by atoms with Crippen LogP contribution < -0.4 is 16.5 Å². The summed E-state index contributed by atoms with van der Waals surface area (Å²) in [4.78, 5) is 79.4. The van der Waals surface area contributed by atoms with Gasteiger partial charge in [-0.3, -0.25) is 34.0 Å². The van der Waals surface area contributed by atoms with Gasteiger partial charge in [-0.25, -0.2) is 5.43 Å². The van der Waals surface area contributed by atoms with Gasteiger partial charge in [0.05, 0.1) is 24.1 Å². The van der Waals surface area contributed by atoms with Crippen LogP contribution in [0.4, 0.5) is 0 Å². The minimum atomic E-state index is -1.19. The average molecular weight is 949 g/mol. The molecule has 7 rings (SSSR count). The van der Waals surface area contributed by atoms with Gasteiger partial charge in [0, 0.05) is 80.8 Å². The second-order valence-corrected chi connectivity index (χ2v) is 20.6. The number of carbonyl (C=O) groups is 5. The van der Waals surface area contributed by atoms with Crippen molar-refractivity contribution in [2.45, 2.75) is 130 Å². The Morgan fingerprint density at radius 2 is 1.80 bits per heavy atom. The van der Waals surface area contributed by atoms with Gasteiger partial charge in [0.25, 0.3) is 5.91 Å². The number of benzene rings is 2. The lowest BCUT2D eigenvalue weighted by molar-refractivity contribution is -0.156. The summed E-state index contributed by atoms with van der Waals surface area (Å²) in [6, 6.07) is 12.4. The smallest absolute Gasteiger partial charge is 0.324 e. The molecule has 6 bridgehead atoms. The molecule has 5 heterocycles. The standard InChI is InChI=1S/C53H72N8O8/c1-11-59-43-18-17-35-27-39(43)40(46(59)38-15-12-20-55-44(38)33(5)68-10)28-52(6,7)30-69-50(66)41-16-13-22-61(57-41)49(65)42(25-34-23-36(35)26-37(62)24-34)56-47(63)45(31(2)3)58(9)51(67)53(8)19-14-21-60(53)48(64)32(4)29-54/h12,15,17-18,20,23-24,26-27,31-33,41-42,45,57,62H,11,13-14,16,19,21-22,25,28-30,54H2,1-10H3,(H,56,63)/t32-,33+,41+,42+,45-,53-/m1/s1. The zero-order valence-electron chi connectivity index (χ0n) is 42.1. The summed E-state index contributed by atoms with van der Waals surface area (Å²) >= 11 is 0. The first-order valence-corrected chi connectivity index (χ1v) is 24.5. The third kappa shape index (κ3) is 10.2. The quantitative estimate of drug-likeness (QED) is 0.130. The molecule has 2 fully saturated rings. The highest BCUT2D eigenvalue weighted by Gasteiger charge is 2.50. The van der Waals surface area contributed by atoms with E-state index in [0.717, 1.165) is 39.0 Å². The highest BCUT2D eigenvalue weighted by molar-refractivity contribution is 5.98. The number of nitrogens with one attached hydrogen (secondary N) is 2. The summed E-state index contributed by atoms with van der Waals surface area (Å²) in [5.74, 6) is -3.02. The lowest BCUT2D eigenvalue weighted by atomic mass is 9.84. The van der Waals surface area contributed by atoms with Crippen LogP contribution in [0.15, 0.2) is 54.7 Å². The van der Waals surface area contributed by atoms with Gasteiger partial charge in [0.15, 0.2) is 0 Å². The summed E-state index contributed by atoms with van der Waals surface area (Å²) in [6.45, 7) is 16.9. The number of ether oxygens (including phenoxy) is 2. The zero-order valence-corrected chi connectivity index (χ0v) is 42.1. The molecule has 16 nitrogen and oxygen atoms in total. The third-order valence-corrected chi connectivity index (χ3v) is 14.5. The minimum absolute atomic E-state index is 0.0200. The third-order valence-electron chi connectivity index (χ3n) is 14.5. The number of aromatic hydroxyl groups is 1. The van der Waals surface area contributed by atoms with Gasteiger partial charge >= 0.3 is 5.97 Å². The van der Waals surface area contributed by atoms with Gasteiger partial charge in [0.2, 0.25) is 17.7 Å². The Morgan fingerprint density at radius 1 is 1.04 bits per heavy atom. The molecule has 4 aromatic rings. The van der Waals surface area contributed by atoms with Crippen molar-refractivity contribution in [2.75, 3.05) is 40.4 Å². The Labute approximate surface area is 406 Å². The number of hydrazine groups is 1. The van der Waals surface area contributed by atoms with Gasteiger partial charge in [-0.2, -0.15) is 0 Å². The van der Waals surface area contributed by atoms with E-state index in [-0.39, 0.29) is 49.8 Å². The van der Waals surface area contributed by atoms with Gasteiger partial charge in [-0.15, -0.1) is 0 Å². The highest BCUT2D eigenvalue weighted by Crippen LogP contribution is 2.42. The van der Waals surface area contributed by atoms with Crippen molar-refractivity contribution in [2.24, 2.45) is 23.0 Å². The number of hydrogen-bond donors (Lipinski definition) is 4. The van der Waals surface area contributed by atoms with Crippen molar-refractivity contribution in [3.05, 3.63) is 71.5 Å². The number of nitrogens with two attached hydrogens (primary N) is 1. The predicted octanol–water partition coefficient (Wildman–Crippen LogP) is 5.91. The normalized spacial score (nSPS) is 22.2. The number of cyclic esters (lactones) is 1. The summed E-state index contributed by atoms with van der Waals surface area (Å²) in [5, 5.41) is 16.8. The zero-order chi connectivity index (χ0) is 50.1. The predicted molar refractivity (Wildman–Crippen MR) is 264 cm³/mol. The number of methoxy groups -OCH3 is 1. The molecule has 0 radical (unpaired) electrons. The maximum Gasteiger partial charge on any atom is 0.324 e. The number of esters is 1. The van der Waals surface area contributed by atoms with Crippen molar-refractivity contribution in [1.29, 1.82) is 0 Å². The fourth-order valence-corrected chi connectivity index (χ4v) is 10.7. The molecule has 2 aromatic heterocycles. The lowest BCUT2D eigenvalue weighted by Gasteiger charge is -2.41. The molecule has 2 saturated heterocycles. The maximum absolute atomic E-state index is 14.8. The van der Waals surface area contributed by atoms with Gasteiger partial charge in [-0.1, -0.05) is 46.8 Å². The van der Waals surface area contributed by atoms with E-state index in [1.807, 2.05) is 39.0 Å². The molecular weight excluding hydrogens is 877 g/mol. The summed E-state index contributed by atoms with van der Waals surface area (Å²) < 4.78 is 14.2. The van der Waals surface area contributed by atoms with Crippen molar-refractivity contribution >= 4 is 40.5 Å². The number of aryl methyl sites for hydroxylation is 1. The Kier molecular flexibility index (Phi) is 15.3. The highest BCUT2D eigenvalue weighted by atomic mass is 16.5. The van der Waals surface area contributed by atoms with E-state index in [1.165, 1.54) is 9.91 Å². The van der Waals surface area contributed by atoms with Crippen LogP contribution >= 0.6 is 0 Å². The number of hydrogen-bond acceptors (Lipinski definition) is 11. The average Bonchev–Trinajstić information content (AvgIpc) is 3.88. The van der Waals surface area contributed by atoms with Crippen LogP contribution in [-0.4, -0.2) is 123 Å². The van der Waals surface area contributed by atoms with E-state index in [0.29, 0.717) is 56.3 Å². The molecule has 2 aromatic carbocycles. The van der Waals surface area contributed by atoms with Crippen LogP contribution in [0.1, 0.15) is 104 Å². The van der Waals surface area contributed by atoms with E-state index in [1.54, 1.807) is 51.2 Å². The van der Waals surface area contributed by atoms with E-state index >= 15 is 0 Å². The number of nitrogens with zero attached hydrogens (tertiary/aromatic N) is 5. The number of phenols is 1. The number of pyridine rings is 1. The Bertz CT molecular complexity index is 2590. The molecule has 4 amide bonds. The molecule has 6 atom stereocenters. The van der Waals surface area contributed by atoms with Crippen LogP contribution in [0, 0.1) is 17.3 Å². The number of likely N-dealkylation sites (tertiary alicyclic amines) is 1. The van der Waals surface area contributed by atoms with E-state index in [9.17, 15) is 29.1 Å². The Morgan fingerprint density at radius 3 is 2.49 bits per heavy atom. The van der Waals surface area contributed by atoms with Crippen molar-refractivity contribution < 1.29 is 38.6 Å². The first-order valence-electron chi connectivity index (χ1n) is 24.5. The molecule has 16 heteroatoms. The van der Waals surface area contributed by atoms with Crippen LogP contribution in [0.2, 0.25) is 0 Å². The Hall–Kier alpha value is -5.84. The second-order valence-electron chi connectivity index (χ2n) is 20.6. The lowest BCUT2D eigenvalue weighted by Crippen LogP contribution is -2.64. The molecule has 3 aliphatic rings. The van der Waals surface area contributed by atoms with Crippen molar-refractivity contribution in [3.63, 3.8) is 0 Å². The number of phenolic OH excluding ortho intramolecular Hbond substituents is 1. The number of aromatic nitrogens is 2. The fourth-order valence-electron chi connectivity index (χ4n) is 10.7. The van der Waals surface area contributed by atoms with E-state index < -0.39 is 58.7 Å². The monoisotopic (exact) mass is 949 g/mol. The number of likely N-dealkylation sites (N-methyl/N-ethyl adjacent to an activating group) is 1. The molecule has 3 aliphatic heterocycles. The van der Waals surface area contributed by atoms with E-state index in [2.05, 4.69) is 54.3 Å². The number of amides is 4. The molecule has 0 aliphatic carbocycles. The topological polar surface area (TPSA) is 202 Å². The first-order chi connectivity index (χ1) is 32.7. The van der Waals surface area contributed by atoms with Crippen molar-refractivity contribution in [1.82, 2.24) is 35.1 Å².